The minimum absolute atomic E-state index is 0.0929. The average Bonchev–Trinajstić information content (AvgIpc) is 3.23. The minimum Gasteiger partial charge on any atom is -0.491 e. The van der Waals surface area contributed by atoms with Gasteiger partial charge < -0.3 is 13.9 Å². The lowest BCUT2D eigenvalue weighted by molar-refractivity contribution is 0.146. The number of methoxy groups -OCH3 is 1. The van der Waals surface area contributed by atoms with E-state index in [0.29, 0.717) is 40.9 Å². The smallest absolute Gasteiger partial charge is 0.307 e. The fraction of sp³-hybridized carbons (Fsp3) is 0.182. The summed E-state index contributed by atoms with van der Waals surface area (Å²) in [6.07, 6.45) is 1.51. The Morgan fingerprint density at radius 1 is 1.22 bits per heavy atom. The summed E-state index contributed by atoms with van der Waals surface area (Å²) in [5.74, 6) is 6.89. The van der Waals surface area contributed by atoms with Crippen LogP contribution in [0, 0.1) is 11.8 Å². The molecule has 0 unspecified atom stereocenters. The Hall–Kier alpha value is -3.74. The maximum absolute atomic E-state index is 11.2. The number of hydrogen-bond donors (Lipinski definition) is 2. The molecule has 0 radical (unpaired) electrons. The van der Waals surface area contributed by atoms with Gasteiger partial charge in [-0.25, -0.2) is 15.3 Å². The van der Waals surface area contributed by atoms with Crippen molar-refractivity contribution in [3.05, 3.63) is 54.1 Å². The first-order valence-corrected chi connectivity index (χ1v) is 10.2. The molecule has 0 aliphatic rings. The van der Waals surface area contributed by atoms with E-state index in [0.717, 1.165) is 17.1 Å². The molecule has 32 heavy (non-hydrogen) atoms. The highest BCUT2D eigenvalue weighted by Crippen LogP contribution is 2.29. The average molecular weight is 453 g/mol. The third-order valence-corrected chi connectivity index (χ3v) is 4.85. The second-order valence-electron chi connectivity index (χ2n) is 6.20. The van der Waals surface area contributed by atoms with Gasteiger partial charge in [-0.3, -0.25) is 10.0 Å². The molecule has 1 heterocycles. The summed E-state index contributed by atoms with van der Waals surface area (Å²) in [6, 6.07) is 14.0. The highest BCUT2D eigenvalue weighted by atomic mass is 32.2. The van der Waals surface area contributed by atoms with Crippen molar-refractivity contribution < 1.29 is 28.7 Å². The molecule has 0 bridgehead atoms. The van der Waals surface area contributed by atoms with E-state index in [1.165, 1.54) is 11.1 Å². The molecule has 0 saturated carbocycles. The number of fused-ring (bicyclic) bond motifs is 1. The second-order valence-corrected chi connectivity index (χ2v) is 7.25. The third-order valence-electron chi connectivity index (χ3n) is 4.06. The van der Waals surface area contributed by atoms with Gasteiger partial charge in [0.1, 0.15) is 24.5 Å². The van der Waals surface area contributed by atoms with Gasteiger partial charge in [-0.2, -0.15) is 0 Å². The molecule has 0 saturated heterocycles. The van der Waals surface area contributed by atoms with Crippen molar-refractivity contribution in [1.82, 2.24) is 5.48 Å². The molecule has 1 aromatic heterocycles. The van der Waals surface area contributed by atoms with Crippen LogP contribution in [0.3, 0.4) is 0 Å². The van der Waals surface area contributed by atoms with E-state index in [2.05, 4.69) is 16.9 Å². The first kappa shape index (κ1) is 22.9. The largest absolute Gasteiger partial charge is 0.491 e. The van der Waals surface area contributed by atoms with Gasteiger partial charge in [0.05, 0.1) is 6.61 Å². The number of isocyanates is 1. The molecule has 0 aliphatic carbocycles. The normalized spacial score (nSPS) is 10.1. The van der Waals surface area contributed by atoms with Crippen molar-refractivity contribution in [2.45, 2.75) is 4.90 Å². The third kappa shape index (κ3) is 6.38. The van der Waals surface area contributed by atoms with Gasteiger partial charge in [-0.1, -0.05) is 16.9 Å². The molecular weight excluding hydrogens is 434 g/mol. The highest BCUT2D eigenvalue weighted by Gasteiger charge is 2.12. The molecule has 2 aromatic carbocycles. The maximum Gasteiger partial charge on any atom is 0.307 e. The van der Waals surface area contributed by atoms with Gasteiger partial charge in [0.25, 0.3) is 6.08 Å². The van der Waals surface area contributed by atoms with Gasteiger partial charge in [0.2, 0.25) is 5.88 Å². The predicted molar refractivity (Wildman–Crippen MR) is 119 cm³/mol. The van der Waals surface area contributed by atoms with Crippen molar-refractivity contribution in [2.24, 2.45) is 5.10 Å². The van der Waals surface area contributed by atoms with Crippen LogP contribution in [0.4, 0.5) is 10.7 Å². The summed E-state index contributed by atoms with van der Waals surface area (Å²) < 4.78 is 16.3. The molecule has 9 nitrogen and oxygen atoms in total. The van der Waals surface area contributed by atoms with E-state index in [9.17, 15) is 9.59 Å². The standard InChI is InChI=1S/C22H19N3O6S/c1-29-11-12-30-18-6-9-20-17(13-18)14-21(31-20)25(23-15-26)10-2-3-16-4-7-19(8-5-16)32-22(27)24-28/h4-9,13-14,28H,10-12H2,1H3,(H,24,27). The number of rotatable bonds is 8. The molecule has 164 valence electrons. The van der Waals surface area contributed by atoms with Crippen molar-refractivity contribution >= 4 is 39.9 Å². The molecule has 1 amide bonds. The lowest BCUT2D eigenvalue weighted by Gasteiger charge is -2.08. The number of hydrazone groups is 1. The molecule has 0 spiro atoms. The summed E-state index contributed by atoms with van der Waals surface area (Å²) in [5, 5.41) is 13.7. The van der Waals surface area contributed by atoms with Crippen molar-refractivity contribution in [1.29, 1.82) is 0 Å². The Balaban J connectivity index is 1.70. The number of carbonyl (C=O) groups is 1. The lowest BCUT2D eigenvalue weighted by Crippen LogP contribution is -2.15. The van der Waals surface area contributed by atoms with E-state index < -0.39 is 5.24 Å². The van der Waals surface area contributed by atoms with Crippen LogP contribution in [-0.4, -0.2) is 43.4 Å². The number of anilines is 1. The summed E-state index contributed by atoms with van der Waals surface area (Å²) in [6.45, 7) is 1.00. The summed E-state index contributed by atoms with van der Waals surface area (Å²) >= 11 is 0.851. The SMILES string of the molecule is COCCOc1ccc2oc(N(CC#Cc3ccc(SC(=O)NO)cc3)N=C=O)cc2c1. The van der Waals surface area contributed by atoms with Gasteiger partial charge in [0.15, 0.2) is 0 Å². The molecule has 10 heteroatoms. The fourth-order valence-corrected chi connectivity index (χ4v) is 3.16. The first-order valence-electron chi connectivity index (χ1n) is 9.34. The minimum atomic E-state index is -0.578. The topological polar surface area (TPSA) is 114 Å². The number of hydrogen-bond acceptors (Lipinski definition) is 9. The zero-order chi connectivity index (χ0) is 22.8. The zero-order valence-electron chi connectivity index (χ0n) is 17.0. The number of benzene rings is 2. The molecule has 0 aliphatic heterocycles. The monoisotopic (exact) mass is 453 g/mol. The van der Waals surface area contributed by atoms with Gasteiger partial charge in [-0.15, -0.1) is 0 Å². The van der Waals surface area contributed by atoms with Crippen LogP contribution in [0.25, 0.3) is 11.0 Å². The zero-order valence-corrected chi connectivity index (χ0v) is 17.8. The number of nitrogens with zero attached hydrogens (tertiary/aromatic N) is 2. The number of carbonyl (C=O) groups excluding carboxylic acids is 2. The summed E-state index contributed by atoms with van der Waals surface area (Å²) in [5.41, 5.74) is 2.87. The molecule has 0 fully saturated rings. The second kappa shape index (κ2) is 11.6. The van der Waals surface area contributed by atoms with E-state index >= 15 is 0 Å². The number of hydroxylamine groups is 1. The summed E-state index contributed by atoms with van der Waals surface area (Å²) in [7, 11) is 1.60. The molecule has 2 N–H and O–H groups in total. The first-order chi connectivity index (χ1) is 15.6. The number of ether oxygens (including phenoxy) is 2. The van der Waals surface area contributed by atoms with Crippen LogP contribution in [0.1, 0.15) is 5.56 Å². The van der Waals surface area contributed by atoms with E-state index in [-0.39, 0.29) is 6.54 Å². The van der Waals surface area contributed by atoms with Gasteiger partial charge in [-0.05, 0) is 54.2 Å². The fourth-order valence-electron chi connectivity index (χ4n) is 2.63. The number of thioether (sulfide) groups is 1. The predicted octanol–water partition coefficient (Wildman–Crippen LogP) is 3.76. The van der Waals surface area contributed by atoms with Gasteiger partial charge >= 0.3 is 5.24 Å². The van der Waals surface area contributed by atoms with Gasteiger partial charge in [0, 0.05) is 29.0 Å². The number of amides is 1. The maximum atomic E-state index is 11.2. The molecular formula is C22H19N3O6S. The Morgan fingerprint density at radius 3 is 2.75 bits per heavy atom. The van der Waals surface area contributed by atoms with Crippen molar-refractivity contribution in [2.75, 3.05) is 31.9 Å². The molecule has 3 rings (SSSR count). The highest BCUT2D eigenvalue weighted by molar-refractivity contribution is 8.13. The van der Waals surface area contributed by atoms with Crippen LogP contribution < -0.4 is 15.2 Å². The van der Waals surface area contributed by atoms with Crippen molar-refractivity contribution in [3.8, 4) is 17.6 Å². The summed E-state index contributed by atoms with van der Waals surface area (Å²) in [4.78, 5) is 22.7. The van der Waals surface area contributed by atoms with E-state index in [1.54, 1.807) is 55.1 Å². The van der Waals surface area contributed by atoms with Crippen LogP contribution in [0.15, 0.2) is 62.9 Å². The Bertz CT molecular complexity index is 1180. The number of furan rings is 1. The Morgan fingerprint density at radius 2 is 2.03 bits per heavy atom. The van der Waals surface area contributed by atoms with Crippen LogP contribution in [0.2, 0.25) is 0 Å². The molecule has 3 aromatic rings. The lowest BCUT2D eigenvalue weighted by atomic mass is 10.2. The Kier molecular flexibility index (Phi) is 8.31. The van der Waals surface area contributed by atoms with Crippen LogP contribution in [-0.2, 0) is 9.53 Å². The van der Waals surface area contributed by atoms with Crippen LogP contribution >= 0.6 is 11.8 Å². The quantitative estimate of drug-likeness (QED) is 0.101. The Labute approximate surface area is 187 Å². The van der Waals surface area contributed by atoms with Crippen LogP contribution in [0.5, 0.6) is 5.75 Å². The van der Waals surface area contributed by atoms with E-state index in [4.69, 9.17) is 19.1 Å². The van der Waals surface area contributed by atoms with Crippen molar-refractivity contribution in [3.63, 3.8) is 0 Å². The van der Waals surface area contributed by atoms with E-state index in [1.807, 2.05) is 6.07 Å². The number of nitrogens with one attached hydrogen (secondary N) is 1. The molecule has 0 atom stereocenters.